The van der Waals surface area contributed by atoms with E-state index in [1.165, 1.54) is 0 Å². The van der Waals surface area contributed by atoms with Gasteiger partial charge in [-0.1, -0.05) is 61.3 Å². The molecule has 0 aromatic heterocycles. The minimum absolute atomic E-state index is 0.146. The van der Waals surface area contributed by atoms with Crippen molar-refractivity contribution in [2.24, 2.45) is 5.92 Å². The molecule has 1 saturated carbocycles. The Labute approximate surface area is 181 Å². The Hall–Kier alpha value is -2.04. The monoisotopic (exact) mass is 433 g/mol. The van der Waals surface area contributed by atoms with Gasteiger partial charge in [-0.2, -0.15) is 0 Å². The highest BCUT2D eigenvalue weighted by molar-refractivity contribution is 6.30. The summed E-state index contributed by atoms with van der Waals surface area (Å²) in [5.74, 6) is -1.67. The van der Waals surface area contributed by atoms with E-state index in [0.29, 0.717) is 16.5 Å². The summed E-state index contributed by atoms with van der Waals surface area (Å²) in [4.78, 5) is 25.1. The number of benzene rings is 2. The molecule has 2 unspecified atom stereocenters. The van der Waals surface area contributed by atoms with Crippen molar-refractivity contribution in [1.29, 1.82) is 0 Å². The van der Waals surface area contributed by atoms with Gasteiger partial charge in [-0.3, -0.25) is 4.79 Å². The molecule has 29 heavy (non-hydrogen) atoms. The number of carbonyl (C=O) groups excluding carboxylic acids is 1. The van der Waals surface area contributed by atoms with Gasteiger partial charge in [-0.15, -0.1) is 0 Å². The molecule has 0 spiro atoms. The van der Waals surface area contributed by atoms with Crippen molar-refractivity contribution in [3.63, 3.8) is 0 Å². The van der Waals surface area contributed by atoms with E-state index in [1.807, 2.05) is 50.2 Å². The lowest BCUT2D eigenvalue weighted by atomic mass is 9.77. The molecule has 3 rings (SSSR count). The topological polar surface area (TPSA) is 66.4 Å². The summed E-state index contributed by atoms with van der Waals surface area (Å²) < 4.78 is 0. The summed E-state index contributed by atoms with van der Waals surface area (Å²) in [6.45, 7) is 3.88. The molecule has 1 aliphatic rings. The maximum atomic E-state index is 13.4. The highest BCUT2D eigenvalue weighted by Gasteiger charge is 2.54. The Bertz CT molecular complexity index is 891. The predicted octanol–water partition coefficient (Wildman–Crippen LogP) is 5.42. The van der Waals surface area contributed by atoms with Crippen molar-refractivity contribution in [3.05, 3.63) is 69.7 Å². The Morgan fingerprint density at radius 1 is 1.07 bits per heavy atom. The number of halogens is 2. The molecule has 0 bridgehead atoms. The third-order valence-corrected chi connectivity index (χ3v) is 6.02. The second-order valence-electron chi connectivity index (χ2n) is 8.18. The average Bonchev–Trinajstić information content (AvgIpc) is 3.44. The van der Waals surface area contributed by atoms with Crippen LogP contribution >= 0.6 is 23.2 Å². The van der Waals surface area contributed by atoms with E-state index in [4.69, 9.17) is 23.2 Å². The van der Waals surface area contributed by atoms with Crippen molar-refractivity contribution >= 4 is 35.1 Å². The number of aliphatic carboxylic acids is 1. The molecule has 2 aromatic carbocycles. The summed E-state index contributed by atoms with van der Waals surface area (Å²) >= 11 is 12.3. The minimum atomic E-state index is -1.02. The van der Waals surface area contributed by atoms with Gasteiger partial charge in [0.15, 0.2) is 0 Å². The van der Waals surface area contributed by atoms with E-state index in [0.717, 1.165) is 24.0 Å². The van der Waals surface area contributed by atoms with Crippen LogP contribution in [-0.2, 0) is 15.0 Å². The molecule has 1 amide bonds. The molecule has 6 heteroatoms. The van der Waals surface area contributed by atoms with Crippen LogP contribution in [0.2, 0.25) is 10.0 Å². The molecule has 2 aromatic rings. The van der Waals surface area contributed by atoms with Gasteiger partial charge in [0.2, 0.25) is 5.91 Å². The number of hydrogen-bond donors (Lipinski definition) is 2. The first kappa shape index (κ1) is 21.7. The third-order valence-electron chi connectivity index (χ3n) is 5.53. The fourth-order valence-corrected chi connectivity index (χ4v) is 4.32. The van der Waals surface area contributed by atoms with Crippen LogP contribution in [0.3, 0.4) is 0 Å². The Kier molecular flexibility index (Phi) is 6.55. The van der Waals surface area contributed by atoms with E-state index in [2.05, 4.69) is 5.32 Å². The lowest BCUT2D eigenvalue weighted by Crippen LogP contribution is -2.46. The van der Waals surface area contributed by atoms with Gasteiger partial charge < -0.3 is 10.4 Å². The van der Waals surface area contributed by atoms with Crippen LogP contribution < -0.4 is 5.32 Å². The fraction of sp³-hybridized carbons (Fsp3) is 0.391. The molecule has 2 atom stereocenters. The Morgan fingerprint density at radius 3 is 2.24 bits per heavy atom. The van der Waals surface area contributed by atoms with Crippen molar-refractivity contribution in [2.45, 2.75) is 50.5 Å². The number of amides is 1. The summed E-state index contributed by atoms with van der Waals surface area (Å²) in [5.41, 5.74) is 1.41. The van der Waals surface area contributed by atoms with Crippen LogP contribution in [0.4, 0.5) is 0 Å². The number of carboxylic acid groups (broad SMARTS) is 1. The quantitative estimate of drug-likeness (QED) is 0.583. The number of hydrogen-bond acceptors (Lipinski definition) is 2. The lowest BCUT2D eigenvalue weighted by molar-refractivity contribution is -0.142. The first-order valence-electron chi connectivity index (χ1n) is 9.77. The van der Waals surface area contributed by atoms with Crippen LogP contribution in [0.5, 0.6) is 0 Å². The smallest absolute Gasteiger partial charge is 0.326 e. The Balaban J connectivity index is 1.99. The predicted molar refractivity (Wildman–Crippen MR) is 116 cm³/mol. The second kappa shape index (κ2) is 8.76. The van der Waals surface area contributed by atoms with Gasteiger partial charge in [-0.25, -0.2) is 4.79 Å². The van der Waals surface area contributed by atoms with Gasteiger partial charge >= 0.3 is 5.97 Å². The van der Waals surface area contributed by atoms with Crippen LogP contribution in [0, 0.1) is 5.92 Å². The van der Waals surface area contributed by atoms with E-state index in [1.54, 1.807) is 12.1 Å². The standard InChI is InChI=1S/C23H25Cl2NO3/c1-14(2)12-19(22(28)29)26-21(27)20(15-6-8-17(24)9-7-15)23(10-11-23)16-4-3-5-18(25)13-16/h3-9,13-14,19-20H,10-12H2,1-2H3,(H,26,27)(H,28,29). The van der Waals surface area contributed by atoms with Gasteiger partial charge in [0, 0.05) is 15.5 Å². The molecule has 0 heterocycles. The zero-order chi connectivity index (χ0) is 21.2. The molecule has 1 aliphatic carbocycles. The van der Waals surface area contributed by atoms with Crippen molar-refractivity contribution in [1.82, 2.24) is 5.32 Å². The zero-order valence-corrected chi connectivity index (χ0v) is 18.0. The van der Waals surface area contributed by atoms with Crippen LogP contribution in [0.15, 0.2) is 48.5 Å². The molecule has 1 fully saturated rings. The van der Waals surface area contributed by atoms with Crippen molar-refractivity contribution < 1.29 is 14.7 Å². The first-order valence-corrected chi connectivity index (χ1v) is 10.5. The van der Waals surface area contributed by atoms with E-state index in [9.17, 15) is 14.7 Å². The molecule has 0 saturated heterocycles. The highest BCUT2D eigenvalue weighted by atomic mass is 35.5. The maximum absolute atomic E-state index is 13.4. The third kappa shape index (κ3) is 4.93. The Morgan fingerprint density at radius 2 is 1.72 bits per heavy atom. The largest absolute Gasteiger partial charge is 0.480 e. The number of carbonyl (C=O) groups is 2. The summed E-state index contributed by atoms with van der Waals surface area (Å²) in [6, 6.07) is 13.8. The number of nitrogens with one attached hydrogen (secondary N) is 1. The molecule has 4 nitrogen and oxygen atoms in total. The van der Waals surface area contributed by atoms with Gasteiger partial charge in [0.1, 0.15) is 6.04 Å². The van der Waals surface area contributed by atoms with Crippen molar-refractivity contribution in [3.8, 4) is 0 Å². The van der Waals surface area contributed by atoms with Gasteiger partial charge in [0.05, 0.1) is 5.92 Å². The molecular weight excluding hydrogens is 409 g/mol. The maximum Gasteiger partial charge on any atom is 0.326 e. The molecular formula is C23H25Cl2NO3. The fourth-order valence-electron chi connectivity index (χ4n) is 4.00. The average molecular weight is 434 g/mol. The SMILES string of the molecule is CC(C)CC(NC(=O)C(c1ccc(Cl)cc1)C1(c2cccc(Cl)c2)CC1)C(=O)O. The summed E-state index contributed by atoms with van der Waals surface area (Å²) in [7, 11) is 0. The second-order valence-corrected chi connectivity index (χ2v) is 9.05. The minimum Gasteiger partial charge on any atom is -0.480 e. The van der Waals surface area contributed by atoms with E-state index >= 15 is 0 Å². The zero-order valence-electron chi connectivity index (χ0n) is 16.5. The number of carboxylic acids is 1. The molecule has 0 aliphatic heterocycles. The molecule has 0 radical (unpaired) electrons. The van der Waals surface area contributed by atoms with Crippen LogP contribution in [-0.4, -0.2) is 23.0 Å². The van der Waals surface area contributed by atoms with Crippen LogP contribution in [0.25, 0.3) is 0 Å². The lowest BCUT2D eigenvalue weighted by Gasteiger charge is -2.29. The number of rotatable bonds is 8. The first-order chi connectivity index (χ1) is 13.7. The molecule has 2 N–H and O–H groups in total. The van der Waals surface area contributed by atoms with Crippen molar-refractivity contribution in [2.75, 3.05) is 0 Å². The van der Waals surface area contributed by atoms with Gasteiger partial charge in [-0.05, 0) is 60.6 Å². The highest BCUT2D eigenvalue weighted by Crippen LogP contribution is 2.58. The summed E-state index contributed by atoms with van der Waals surface area (Å²) in [5, 5.41) is 13.6. The van der Waals surface area contributed by atoms with Crippen LogP contribution in [0.1, 0.15) is 50.2 Å². The van der Waals surface area contributed by atoms with E-state index < -0.39 is 23.3 Å². The molecule has 154 valence electrons. The summed E-state index contributed by atoms with van der Waals surface area (Å²) in [6.07, 6.45) is 2.03. The van der Waals surface area contributed by atoms with Gasteiger partial charge in [0.25, 0.3) is 0 Å². The normalized spacial score (nSPS) is 16.9. The van der Waals surface area contributed by atoms with E-state index in [-0.39, 0.29) is 11.8 Å².